The van der Waals surface area contributed by atoms with Gasteiger partial charge >= 0.3 is 11.9 Å². The first-order valence-corrected chi connectivity index (χ1v) is 16.6. The standard InChI is InChI=1S/C37H45N3O8/c1-20(2)36(42)39-28-15-21(7-11-30(28)45-4)8-12-32(41)48-31-16-22-19-40-14-13-25-24-10-9-23(44-3)17-27(24)38-34(25)29(40)18-26(22)33(35(31)46-5)37(43)47-6/h7-12,15,17,20,22,26,29,31,33,35,38H,13-14,16,18-19H2,1-6H3,(H,39,42)/b12-8+/t22-,26+,29-,31-,33+,35+/m1/s1. The highest BCUT2D eigenvalue weighted by molar-refractivity contribution is 5.94. The molecule has 3 aliphatic rings. The number of hydrogen-bond acceptors (Lipinski definition) is 9. The summed E-state index contributed by atoms with van der Waals surface area (Å²) >= 11 is 0. The van der Waals surface area contributed by atoms with Crippen LogP contribution in [0, 0.1) is 23.7 Å². The second-order valence-electron chi connectivity index (χ2n) is 13.2. The number of methoxy groups -OCH3 is 4. The van der Waals surface area contributed by atoms with E-state index in [0.29, 0.717) is 23.4 Å². The summed E-state index contributed by atoms with van der Waals surface area (Å²) in [6.07, 6.45) is 3.95. The normalized spacial score (nSPS) is 25.2. The molecule has 1 aliphatic carbocycles. The number of nitrogens with one attached hydrogen (secondary N) is 2. The molecular weight excluding hydrogens is 614 g/mol. The Balaban J connectivity index is 1.21. The zero-order chi connectivity index (χ0) is 34.1. The van der Waals surface area contributed by atoms with Crippen LogP contribution in [0.5, 0.6) is 11.5 Å². The Labute approximate surface area is 280 Å². The number of nitrogens with zero attached hydrogens (tertiary/aromatic N) is 1. The van der Waals surface area contributed by atoms with Crippen LogP contribution in [-0.2, 0) is 35.0 Å². The van der Waals surface area contributed by atoms with E-state index in [1.165, 1.54) is 36.9 Å². The second-order valence-corrected chi connectivity index (χ2v) is 13.2. The van der Waals surface area contributed by atoms with E-state index in [1.54, 1.807) is 38.5 Å². The van der Waals surface area contributed by atoms with Gasteiger partial charge in [-0.2, -0.15) is 0 Å². The molecule has 2 aromatic carbocycles. The minimum atomic E-state index is -0.656. The minimum absolute atomic E-state index is 0.0141. The minimum Gasteiger partial charge on any atom is -0.497 e. The largest absolute Gasteiger partial charge is 0.497 e. The number of benzene rings is 2. The molecule has 256 valence electrons. The fourth-order valence-corrected chi connectivity index (χ4v) is 7.91. The number of amides is 1. The summed E-state index contributed by atoms with van der Waals surface area (Å²) < 4.78 is 28.2. The fraction of sp³-hybridized carbons (Fsp3) is 0.486. The quantitative estimate of drug-likeness (QED) is 0.237. The number of ether oxygens (including phenoxy) is 5. The van der Waals surface area contributed by atoms with Crippen LogP contribution >= 0.6 is 0 Å². The molecule has 48 heavy (non-hydrogen) atoms. The fourth-order valence-electron chi connectivity index (χ4n) is 7.91. The molecule has 0 bridgehead atoms. The maximum absolute atomic E-state index is 13.4. The third-order valence-corrected chi connectivity index (χ3v) is 10.3. The molecule has 1 saturated carbocycles. The van der Waals surface area contributed by atoms with Crippen molar-refractivity contribution in [3.63, 3.8) is 0 Å². The number of aromatic amines is 1. The lowest BCUT2D eigenvalue weighted by Crippen LogP contribution is -2.58. The first kappa shape index (κ1) is 33.5. The third kappa shape index (κ3) is 6.41. The van der Waals surface area contributed by atoms with Crippen molar-refractivity contribution in [2.75, 3.05) is 46.8 Å². The summed E-state index contributed by atoms with van der Waals surface area (Å²) in [5.74, 6) is -0.419. The van der Waals surface area contributed by atoms with E-state index in [2.05, 4.69) is 21.3 Å². The first-order chi connectivity index (χ1) is 23.1. The molecule has 11 heteroatoms. The number of aromatic nitrogens is 1. The average molecular weight is 660 g/mol. The van der Waals surface area contributed by atoms with Crippen LogP contribution in [0.4, 0.5) is 5.69 Å². The van der Waals surface area contributed by atoms with Crippen LogP contribution in [0.3, 0.4) is 0 Å². The van der Waals surface area contributed by atoms with Gasteiger partial charge in [0.15, 0.2) is 0 Å². The van der Waals surface area contributed by atoms with Crippen LogP contribution in [0.2, 0.25) is 0 Å². The Morgan fingerprint density at radius 2 is 1.83 bits per heavy atom. The van der Waals surface area contributed by atoms with Gasteiger partial charge < -0.3 is 34.0 Å². The van der Waals surface area contributed by atoms with Crippen molar-refractivity contribution in [3.8, 4) is 11.5 Å². The Kier molecular flexibility index (Phi) is 9.80. The van der Waals surface area contributed by atoms with Gasteiger partial charge in [-0.25, -0.2) is 4.79 Å². The van der Waals surface area contributed by atoms with Gasteiger partial charge in [0.1, 0.15) is 23.7 Å². The van der Waals surface area contributed by atoms with Crippen molar-refractivity contribution in [3.05, 3.63) is 59.3 Å². The van der Waals surface area contributed by atoms with Gasteiger partial charge in [0, 0.05) is 54.9 Å². The molecule has 2 fully saturated rings. The smallest absolute Gasteiger partial charge is 0.331 e. The van der Waals surface area contributed by atoms with Crippen LogP contribution in [0.15, 0.2) is 42.5 Å². The number of anilines is 1. The average Bonchev–Trinajstić information content (AvgIpc) is 3.47. The van der Waals surface area contributed by atoms with Gasteiger partial charge in [-0.1, -0.05) is 19.9 Å². The van der Waals surface area contributed by atoms with E-state index >= 15 is 0 Å². The van der Waals surface area contributed by atoms with Crippen molar-refractivity contribution in [1.82, 2.24) is 9.88 Å². The summed E-state index contributed by atoms with van der Waals surface area (Å²) in [5.41, 5.74) is 4.77. The number of fused-ring (bicyclic) bond motifs is 6. The van der Waals surface area contributed by atoms with Gasteiger partial charge in [-0.05, 0) is 72.6 Å². The molecule has 2 N–H and O–H groups in total. The highest BCUT2D eigenvalue weighted by atomic mass is 16.6. The third-order valence-electron chi connectivity index (χ3n) is 10.3. The summed E-state index contributed by atoms with van der Waals surface area (Å²) in [5, 5.41) is 4.08. The van der Waals surface area contributed by atoms with Crippen LogP contribution < -0.4 is 14.8 Å². The summed E-state index contributed by atoms with van der Waals surface area (Å²) in [6, 6.07) is 11.5. The van der Waals surface area contributed by atoms with E-state index in [4.69, 9.17) is 23.7 Å². The predicted molar refractivity (Wildman–Crippen MR) is 181 cm³/mol. The first-order valence-electron chi connectivity index (χ1n) is 16.6. The molecule has 1 amide bonds. The summed E-state index contributed by atoms with van der Waals surface area (Å²) in [7, 11) is 6.16. The molecule has 3 heterocycles. The van der Waals surface area contributed by atoms with Crippen LogP contribution in [0.1, 0.15) is 49.6 Å². The number of H-pyrrole nitrogens is 1. The van der Waals surface area contributed by atoms with Gasteiger partial charge in [0.05, 0.1) is 39.0 Å². The molecule has 6 atom stereocenters. The molecule has 1 aromatic heterocycles. The monoisotopic (exact) mass is 659 g/mol. The Hall–Kier alpha value is -4.35. The Bertz CT molecular complexity index is 1710. The molecule has 0 radical (unpaired) electrons. The summed E-state index contributed by atoms with van der Waals surface area (Å²) in [4.78, 5) is 45.1. The lowest BCUT2D eigenvalue weighted by molar-refractivity contribution is -0.187. The van der Waals surface area contributed by atoms with E-state index < -0.39 is 24.1 Å². The lowest BCUT2D eigenvalue weighted by Gasteiger charge is -2.52. The molecule has 0 spiro atoms. The van der Waals surface area contributed by atoms with Crippen molar-refractivity contribution in [1.29, 1.82) is 0 Å². The predicted octanol–water partition coefficient (Wildman–Crippen LogP) is 5.15. The second kappa shape index (κ2) is 14.0. The van der Waals surface area contributed by atoms with Crippen molar-refractivity contribution in [2.45, 2.75) is 51.4 Å². The number of carbonyl (C=O) groups is 3. The Morgan fingerprint density at radius 3 is 2.54 bits per heavy atom. The SMILES string of the molecule is COC(=O)[C@H]1[C@H]2C[C@@H]3c4[nH]c5cc(OC)ccc5c4CCN3C[C@H]2C[C@@H](OC(=O)/C=C/c2ccc(OC)c(NC(=O)C(C)C)c2)[C@@H]1OC. The molecular formula is C37H45N3O8. The maximum Gasteiger partial charge on any atom is 0.331 e. The molecule has 0 unspecified atom stereocenters. The molecule has 2 aliphatic heterocycles. The van der Waals surface area contributed by atoms with Gasteiger partial charge in [-0.15, -0.1) is 0 Å². The Morgan fingerprint density at radius 1 is 1.02 bits per heavy atom. The topological polar surface area (TPSA) is 128 Å². The van der Waals surface area contributed by atoms with Crippen molar-refractivity contribution >= 4 is 40.5 Å². The van der Waals surface area contributed by atoms with E-state index in [1.807, 2.05) is 26.0 Å². The van der Waals surface area contributed by atoms with Gasteiger partial charge in [0.25, 0.3) is 0 Å². The maximum atomic E-state index is 13.4. The van der Waals surface area contributed by atoms with Gasteiger partial charge in [0.2, 0.25) is 5.91 Å². The van der Waals surface area contributed by atoms with Crippen molar-refractivity contribution < 1.29 is 38.1 Å². The molecule has 11 nitrogen and oxygen atoms in total. The highest BCUT2D eigenvalue weighted by Crippen LogP contribution is 2.50. The zero-order valence-corrected chi connectivity index (χ0v) is 28.4. The van der Waals surface area contributed by atoms with Crippen molar-refractivity contribution in [2.24, 2.45) is 23.7 Å². The zero-order valence-electron chi connectivity index (χ0n) is 28.4. The van der Waals surface area contributed by atoms with E-state index in [0.717, 1.165) is 37.2 Å². The van der Waals surface area contributed by atoms with Crippen LogP contribution in [0.25, 0.3) is 17.0 Å². The number of esters is 2. The molecule has 6 rings (SSSR count). The molecule has 1 saturated heterocycles. The lowest BCUT2D eigenvalue weighted by atomic mass is 9.63. The number of rotatable bonds is 9. The molecule has 3 aromatic rings. The number of carbonyl (C=O) groups excluding carboxylic acids is 3. The number of hydrogen-bond donors (Lipinski definition) is 2. The van der Waals surface area contributed by atoms with Gasteiger partial charge in [-0.3, -0.25) is 14.5 Å². The van der Waals surface area contributed by atoms with E-state index in [9.17, 15) is 14.4 Å². The van der Waals surface area contributed by atoms with E-state index in [-0.39, 0.29) is 35.7 Å². The highest BCUT2D eigenvalue weighted by Gasteiger charge is 2.54. The summed E-state index contributed by atoms with van der Waals surface area (Å²) in [6.45, 7) is 5.30. The van der Waals surface area contributed by atoms with Crippen LogP contribution in [-0.4, -0.2) is 81.5 Å². The number of piperidine rings is 1.